The average molecular weight is 267 g/mol. The van der Waals surface area contributed by atoms with Gasteiger partial charge in [0.25, 0.3) is 0 Å². The quantitative estimate of drug-likeness (QED) is 0.764. The van der Waals surface area contributed by atoms with E-state index in [1.54, 1.807) is 11.3 Å². The number of hydrogen-bond acceptors (Lipinski definition) is 2. The standard InChI is InChI=1S/C8H9BrClNS/c9-6-4-11-7(12-6)3-8(5-10)1-2-8/h4H,1-3,5H2. The molecule has 0 spiro atoms. The third-order valence-corrected chi connectivity index (χ3v) is 4.34. The maximum atomic E-state index is 5.88. The fourth-order valence-electron chi connectivity index (χ4n) is 1.22. The highest BCUT2D eigenvalue weighted by atomic mass is 79.9. The summed E-state index contributed by atoms with van der Waals surface area (Å²) in [7, 11) is 0. The van der Waals surface area contributed by atoms with E-state index in [0.717, 1.165) is 16.1 Å². The first-order valence-corrected chi connectivity index (χ1v) is 6.05. The van der Waals surface area contributed by atoms with Crippen LogP contribution in [-0.4, -0.2) is 10.9 Å². The molecule has 1 fully saturated rings. The van der Waals surface area contributed by atoms with Gasteiger partial charge >= 0.3 is 0 Å². The Morgan fingerprint density at radius 1 is 1.67 bits per heavy atom. The van der Waals surface area contributed by atoms with E-state index in [2.05, 4.69) is 20.9 Å². The van der Waals surface area contributed by atoms with Crippen molar-refractivity contribution >= 4 is 38.9 Å². The third kappa shape index (κ3) is 1.83. The van der Waals surface area contributed by atoms with E-state index in [4.69, 9.17) is 11.6 Å². The zero-order valence-electron chi connectivity index (χ0n) is 6.52. The normalized spacial score (nSPS) is 19.5. The fraction of sp³-hybridized carbons (Fsp3) is 0.625. The number of rotatable bonds is 3. The van der Waals surface area contributed by atoms with Crippen LogP contribution in [0, 0.1) is 5.41 Å². The van der Waals surface area contributed by atoms with Crippen LogP contribution in [0.1, 0.15) is 17.8 Å². The van der Waals surface area contributed by atoms with Crippen molar-refractivity contribution in [1.29, 1.82) is 0 Å². The zero-order valence-corrected chi connectivity index (χ0v) is 9.68. The Bertz CT molecular complexity index is 282. The lowest BCUT2D eigenvalue weighted by Crippen LogP contribution is -2.05. The number of thiazole rings is 1. The van der Waals surface area contributed by atoms with Gasteiger partial charge in [0.1, 0.15) is 0 Å². The summed E-state index contributed by atoms with van der Waals surface area (Å²) < 4.78 is 1.11. The summed E-state index contributed by atoms with van der Waals surface area (Å²) in [4.78, 5) is 4.30. The minimum atomic E-state index is 0.402. The Morgan fingerprint density at radius 2 is 2.42 bits per heavy atom. The lowest BCUT2D eigenvalue weighted by molar-refractivity contribution is 0.576. The molecule has 1 nitrogen and oxygen atoms in total. The molecule has 1 aromatic heterocycles. The van der Waals surface area contributed by atoms with Gasteiger partial charge in [-0.05, 0) is 34.2 Å². The molecular formula is C8H9BrClNS. The van der Waals surface area contributed by atoms with Crippen LogP contribution in [0.25, 0.3) is 0 Å². The van der Waals surface area contributed by atoms with Gasteiger partial charge in [-0.3, -0.25) is 0 Å². The van der Waals surface area contributed by atoms with Crippen molar-refractivity contribution in [1.82, 2.24) is 4.98 Å². The molecule has 1 aliphatic carbocycles. The van der Waals surface area contributed by atoms with Crippen molar-refractivity contribution in [3.05, 3.63) is 15.0 Å². The van der Waals surface area contributed by atoms with Gasteiger partial charge in [-0.2, -0.15) is 0 Å². The number of alkyl halides is 1. The van der Waals surface area contributed by atoms with Crippen LogP contribution in [0.5, 0.6) is 0 Å². The summed E-state index contributed by atoms with van der Waals surface area (Å²) >= 11 is 11.0. The summed E-state index contributed by atoms with van der Waals surface area (Å²) in [5, 5.41) is 1.21. The predicted molar refractivity (Wildman–Crippen MR) is 55.9 cm³/mol. The molecule has 2 rings (SSSR count). The van der Waals surface area contributed by atoms with Crippen LogP contribution in [0.4, 0.5) is 0 Å². The Hall–Kier alpha value is 0.400. The van der Waals surface area contributed by atoms with E-state index in [1.807, 2.05) is 6.20 Å². The number of nitrogens with zero attached hydrogens (tertiary/aromatic N) is 1. The maximum absolute atomic E-state index is 5.88. The van der Waals surface area contributed by atoms with E-state index in [-0.39, 0.29) is 0 Å². The smallest absolute Gasteiger partial charge is 0.0942 e. The first-order valence-electron chi connectivity index (χ1n) is 3.90. The molecule has 0 aliphatic heterocycles. The van der Waals surface area contributed by atoms with Gasteiger partial charge in [-0.1, -0.05) is 0 Å². The van der Waals surface area contributed by atoms with Crippen LogP contribution < -0.4 is 0 Å². The highest BCUT2D eigenvalue weighted by molar-refractivity contribution is 9.11. The first kappa shape index (κ1) is 8.97. The molecule has 12 heavy (non-hydrogen) atoms. The molecule has 0 N–H and O–H groups in total. The summed E-state index contributed by atoms with van der Waals surface area (Å²) in [5.41, 5.74) is 0.402. The highest BCUT2D eigenvalue weighted by Gasteiger charge is 2.42. The minimum absolute atomic E-state index is 0.402. The molecule has 4 heteroatoms. The summed E-state index contributed by atoms with van der Waals surface area (Å²) in [5.74, 6) is 0.782. The number of halogens is 2. The number of aromatic nitrogens is 1. The lowest BCUT2D eigenvalue weighted by atomic mass is 10.1. The lowest BCUT2D eigenvalue weighted by Gasteiger charge is -2.06. The third-order valence-electron chi connectivity index (χ3n) is 2.29. The van der Waals surface area contributed by atoms with Crippen LogP contribution in [0.2, 0.25) is 0 Å². The second-order valence-corrected chi connectivity index (χ2v) is 6.13. The van der Waals surface area contributed by atoms with Crippen LogP contribution >= 0.6 is 38.9 Å². The highest BCUT2D eigenvalue weighted by Crippen LogP contribution is 2.49. The molecule has 0 bridgehead atoms. The molecule has 1 heterocycles. The Balaban J connectivity index is 2.04. The second-order valence-electron chi connectivity index (χ2n) is 3.37. The van der Waals surface area contributed by atoms with E-state index >= 15 is 0 Å². The molecule has 0 unspecified atom stereocenters. The van der Waals surface area contributed by atoms with Gasteiger partial charge < -0.3 is 0 Å². The Morgan fingerprint density at radius 3 is 2.83 bits per heavy atom. The van der Waals surface area contributed by atoms with Crippen molar-refractivity contribution < 1.29 is 0 Å². The van der Waals surface area contributed by atoms with Crippen molar-refractivity contribution in [2.45, 2.75) is 19.3 Å². The fourth-order valence-corrected chi connectivity index (χ4v) is 3.06. The SMILES string of the molecule is ClCC1(Cc2ncc(Br)s2)CC1. The molecule has 1 saturated carbocycles. The zero-order chi connectivity index (χ0) is 8.60. The molecule has 1 aromatic rings. The van der Waals surface area contributed by atoms with Gasteiger partial charge in [0.05, 0.1) is 15.0 Å². The summed E-state index contributed by atoms with van der Waals surface area (Å²) in [6, 6.07) is 0. The largest absolute Gasteiger partial charge is 0.248 e. The Labute approximate surface area is 89.3 Å². The molecule has 0 atom stereocenters. The predicted octanol–water partition coefficient (Wildman–Crippen LogP) is 3.47. The molecule has 0 amide bonds. The molecule has 1 aliphatic rings. The molecule has 0 radical (unpaired) electrons. The van der Waals surface area contributed by atoms with E-state index in [9.17, 15) is 0 Å². The van der Waals surface area contributed by atoms with Gasteiger partial charge in [0, 0.05) is 12.3 Å². The van der Waals surface area contributed by atoms with Crippen LogP contribution in [0.15, 0.2) is 9.98 Å². The van der Waals surface area contributed by atoms with Crippen molar-refractivity contribution in [2.24, 2.45) is 5.41 Å². The second kappa shape index (κ2) is 3.28. The minimum Gasteiger partial charge on any atom is -0.248 e. The van der Waals surface area contributed by atoms with Crippen molar-refractivity contribution in [3.63, 3.8) is 0 Å². The first-order chi connectivity index (χ1) is 5.74. The van der Waals surface area contributed by atoms with E-state index in [1.165, 1.54) is 17.8 Å². The molecular weight excluding hydrogens is 258 g/mol. The van der Waals surface area contributed by atoms with Crippen molar-refractivity contribution in [3.8, 4) is 0 Å². The Kier molecular flexibility index (Phi) is 2.45. The van der Waals surface area contributed by atoms with Crippen LogP contribution in [-0.2, 0) is 6.42 Å². The molecule has 66 valence electrons. The maximum Gasteiger partial charge on any atom is 0.0942 e. The molecule has 0 aromatic carbocycles. The average Bonchev–Trinajstić information content (AvgIpc) is 2.71. The molecule has 0 saturated heterocycles. The van der Waals surface area contributed by atoms with Crippen molar-refractivity contribution in [2.75, 3.05) is 5.88 Å². The summed E-state index contributed by atoms with van der Waals surface area (Å²) in [6.07, 6.45) is 5.47. The van der Waals surface area contributed by atoms with Gasteiger partial charge in [-0.15, -0.1) is 22.9 Å². The van der Waals surface area contributed by atoms with Gasteiger partial charge in [-0.25, -0.2) is 4.98 Å². The van der Waals surface area contributed by atoms with Crippen LogP contribution in [0.3, 0.4) is 0 Å². The monoisotopic (exact) mass is 265 g/mol. The topological polar surface area (TPSA) is 12.9 Å². The van der Waals surface area contributed by atoms with Gasteiger partial charge in [0.2, 0.25) is 0 Å². The number of hydrogen-bond donors (Lipinski definition) is 0. The summed E-state index contributed by atoms with van der Waals surface area (Å²) in [6.45, 7) is 0. The van der Waals surface area contributed by atoms with E-state index in [0.29, 0.717) is 5.41 Å². The van der Waals surface area contributed by atoms with E-state index < -0.39 is 0 Å². The van der Waals surface area contributed by atoms with Gasteiger partial charge in [0.15, 0.2) is 0 Å².